The molecule has 0 radical (unpaired) electrons. The Morgan fingerprint density at radius 1 is 1.53 bits per heavy atom. The number of aryl methyl sites for hydroxylation is 1. The van der Waals surface area contributed by atoms with Gasteiger partial charge in [0, 0.05) is 6.07 Å². The first-order chi connectivity index (χ1) is 8.08. The Bertz CT molecular complexity index is 571. The van der Waals surface area contributed by atoms with Crippen molar-refractivity contribution >= 4 is 17.5 Å². The molecule has 2 amide bonds. The van der Waals surface area contributed by atoms with Gasteiger partial charge >= 0.3 is 0 Å². The van der Waals surface area contributed by atoms with Gasteiger partial charge in [0.2, 0.25) is 0 Å². The summed E-state index contributed by atoms with van der Waals surface area (Å²) in [5.41, 5.74) is 5.42. The molecule has 0 fully saturated rings. The number of nitrogens with two attached hydrogens (primary N) is 1. The Labute approximate surface area is 95.2 Å². The van der Waals surface area contributed by atoms with Crippen LogP contribution < -0.4 is 11.1 Å². The normalized spacial score (nSPS) is 10.2. The fraction of sp³-hybridized carbons (Fsp3) is 0.111. The van der Waals surface area contributed by atoms with E-state index >= 15 is 0 Å². The van der Waals surface area contributed by atoms with Crippen molar-refractivity contribution < 1.29 is 14.1 Å². The van der Waals surface area contributed by atoms with Crippen LogP contribution in [0.15, 0.2) is 16.8 Å². The average molecular weight is 235 g/mol. The molecule has 8 heteroatoms. The molecule has 17 heavy (non-hydrogen) atoms. The highest BCUT2D eigenvalue weighted by Gasteiger charge is 2.16. The minimum Gasteiger partial charge on any atom is -0.364 e. The molecule has 0 aliphatic heterocycles. The van der Waals surface area contributed by atoms with Gasteiger partial charge in [0.25, 0.3) is 11.8 Å². The monoisotopic (exact) mass is 235 g/mol. The third-order valence-electron chi connectivity index (χ3n) is 1.99. The Balaban J connectivity index is 2.18. The highest BCUT2D eigenvalue weighted by Crippen LogP contribution is 2.12. The maximum absolute atomic E-state index is 11.7. The van der Waals surface area contributed by atoms with Crippen LogP contribution in [0.25, 0.3) is 0 Å². The van der Waals surface area contributed by atoms with Crippen molar-refractivity contribution in [2.75, 3.05) is 5.32 Å². The van der Waals surface area contributed by atoms with Gasteiger partial charge < -0.3 is 15.6 Å². The van der Waals surface area contributed by atoms with E-state index in [0.29, 0.717) is 5.76 Å². The van der Waals surface area contributed by atoms with Gasteiger partial charge in [0.1, 0.15) is 11.5 Å². The SMILES string of the molecule is Cc1cc(C(=O)Nc2cn[nH]c2C(N)=O)no1. The predicted octanol–water partition coefficient (Wildman–Crippen LogP) is 0.0573. The summed E-state index contributed by atoms with van der Waals surface area (Å²) >= 11 is 0. The van der Waals surface area contributed by atoms with E-state index in [9.17, 15) is 9.59 Å². The van der Waals surface area contributed by atoms with Crippen molar-refractivity contribution in [3.8, 4) is 0 Å². The molecule has 2 aromatic heterocycles. The van der Waals surface area contributed by atoms with Crippen LogP contribution in [0.1, 0.15) is 26.7 Å². The molecule has 2 aromatic rings. The number of carbonyl (C=O) groups excluding carboxylic acids is 2. The number of rotatable bonds is 3. The van der Waals surface area contributed by atoms with Crippen LogP contribution >= 0.6 is 0 Å². The number of H-pyrrole nitrogens is 1. The van der Waals surface area contributed by atoms with Crippen LogP contribution in [0.4, 0.5) is 5.69 Å². The van der Waals surface area contributed by atoms with E-state index in [1.165, 1.54) is 12.3 Å². The number of anilines is 1. The first-order valence-corrected chi connectivity index (χ1v) is 4.66. The van der Waals surface area contributed by atoms with Crippen molar-refractivity contribution in [2.45, 2.75) is 6.92 Å². The molecule has 2 heterocycles. The van der Waals surface area contributed by atoms with Crippen LogP contribution in [0.3, 0.4) is 0 Å². The van der Waals surface area contributed by atoms with Crippen molar-refractivity contribution in [1.29, 1.82) is 0 Å². The zero-order valence-corrected chi connectivity index (χ0v) is 8.85. The summed E-state index contributed by atoms with van der Waals surface area (Å²) in [5, 5.41) is 12.0. The molecule has 0 aromatic carbocycles. The van der Waals surface area contributed by atoms with Crippen LogP contribution in [0.5, 0.6) is 0 Å². The number of carbonyl (C=O) groups is 2. The molecule has 0 bridgehead atoms. The van der Waals surface area contributed by atoms with E-state index in [1.807, 2.05) is 0 Å². The van der Waals surface area contributed by atoms with Crippen molar-refractivity contribution in [2.24, 2.45) is 5.73 Å². The number of amides is 2. The van der Waals surface area contributed by atoms with Gasteiger partial charge in [0.15, 0.2) is 5.69 Å². The summed E-state index contributed by atoms with van der Waals surface area (Å²) in [6.07, 6.45) is 1.28. The minimum atomic E-state index is -0.714. The molecule has 0 spiro atoms. The standard InChI is InChI=1S/C9H9N5O3/c1-4-2-5(14-17-4)9(16)12-6-3-11-13-7(6)8(10)15/h2-3H,1H3,(H2,10,15)(H,11,13)(H,12,16). The van der Waals surface area contributed by atoms with E-state index in [1.54, 1.807) is 6.92 Å². The number of primary amides is 1. The molecule has 0 aliphatic rings. The Morgan fingerprint density at radius 3 is 2.88 bits per heavy atom. The summed E-state index contributed by atoms with van der Waals surface area (Å²) in [5.74, 6) is -0.711. The molecular weight excluding hydrogens is 226 g/mol. The predicted molar refractivity (Wildman–Crippen MR) is 56.3 cm³/mol. The highest BCUT2D eigenvalue weighted by atomic mass is 16.5. The summed E-state index contributed by atoms with van der Waals surface area (Å²) in [6.45, 7) is 1.66. The zero-order chi connectivity index (χ0) is 12.4. The van der Waals surface area contributed by atoms with Crippen LogP contribution in [0, 0.1) is 6.92 Å². The lowest BCUT2D eigenvalue weighted by Gasteiger charge is -2.00. The first kappa shape index (κ1) is 10.9. The van der Waals surface area contributed by atoms with Gasteiger partial charge in [-0.1, -0.05) is 5.16 Å². The maximum atomic E-state index is 11.7. The summed E-state index contributed by atoms with van der Waals surface area (Å²) < 4.78 is 4.76. The number of nitrogens with zero attached hydrogens (tertiary/aromatic N) is 2. The summed E-state index contributed by atoms with van der Waals surface area (Å²) in [6, 6.07) is 1.47. The lowest BCUT2D eigenvalue weighted by Crippen LogP contribution is -2.18. The van der Waals surface area contributed by atoms with Gasteiger partial charge in [-0.3, -0.25) is 14.7 Å². The molecule has 4 N–H and O–H groups in total. The Kier molecular flexibility index (Phi) is 2.61. The Morgan fingerprint density at radius 2 is 2.29 bits per heavy atom. The first-order valence-electron chi connectivity index (χ1n) is 4.66. The summed E-state index contributed by atoms with van der Waals surface area (Å²) in [7, 11) is 0. The summed E-state index contributed by atoms with van der Waals surface area (Å²) in [4.78, 5) is 22.6. The van der Waals surface area contributed by atoms with Gasteiger partial charge in [-0.05, 0) is 6.92 Å². The number of hydrogen-bond acceptors (Lipinski definition) is 5. The molecule has 0 saturated carbocycles. The maximum Gasteiger partial charge on any atom is 0.277 e. The molecule has 88 valence electrons. The molecule has 0 atom stereocenters. The largest absolute Gasteiger partial charge is 0.364 e. The lowest BCUT2D eigenvalue weighted by molar-refractivity contribution is 0.0996. The smallest absolute Gasteiger partial charge is 0.277 e. The third-order valence-corrected chi connectivity index (χ3v) is 1.99. The average Bonchev–Trinajstić information content (AvgIpc) is 2.86. The second-order valence-corrected chi connectivity index (χ2v) is 3.30. The van der Waals surface area contributed by atoms with Gasteiger partial charge in [-0.2, -0.15) is 5.10 Å². The lowest BCUT2D eigenvalue weighted by atomic mass is 10.3. The molecule has 8 nitrogen and oxygen atoms in total. The van der Waals surface area contributed by atoms with Crippen molar-refractivity contribution in [1.82, 2.24) is 15.4 Å². The van der Waals surface area contributed by atoms with Gasteiger partial charge in [-0.25, -0.2) is 0 Å². The van der Waals surface area contributed by atoms with E-state index < -0.39 is 11.8 Å². The van der Waals surface area contributed by atoms with Crippen LogP contribution in [0.2, 0.25) is 0 Å². The van der Waals surface area contributed by atoms with E-state index in [2.05, 4.69) is 20.7 Å². The highest BCUT2D eigenvalue weighted by molar-refractivity contribution is 6.06. The van der Waals surface area contributed by atoms with Crippen LogP contribution in [-0.2, 0) is 0 Å². The molecule has 2 rings (SSSR count). The topological polar surface area (TPSA) is 127 Å². The number of hydrogen-bond donors (Lipinski definition) is 3. The molecule has 0 aliphatic carbocycles. The van der Waals surface area contributed by atoms with Crippen LogP contribution in [-0.4, -0.2) is 27.2 Å². The van der Waals surface area contributed by atoms with Gasteiger partial charge in [0.05, 0.1) is 11.9 Å². The second-order valence-electron chi connectivity index (χ2n) is 3.30. The van der Waals surface area contributed by atoms with E-state index in [0.717, 1.165) is 0 Å². The number of aromatic nitrogens is 3. The van der Waals surface area contributed by atoms with Crippen molar-refractivity contribution in [3.63, 3.8) is 0 Å². The third kappa shape index (κ3) is 2.14. The van der Waals surface area contributed by atoms with E-state index in [-0.39, 0.29) is 17.1 Å². The Hall–Kier alpha value is -2.64. The van der Waals surface area contributed by atoms with E-state index in [4.69, 9.17) is 10.3 Å². The molecular formula is C9H9N5O3. The fourth-order valence-corrected chi connectivity index (χ4v) is 1.23. The zero-order valence-electron chi connectivity index (χ0n) is 8.85. The molecule has 0 saturated heterocycles. The number of nitrogens with one attached hydrogen (secondary N) is 2. The second kappa shape index (κ2) is 4.08. The van der Waals surface area contributed by atoms with Gasteiger partial charge in [-0.15, -0.1) is 0 Å². The van der Waals surface area contributed by atoms with Crippen molar-refractivity contribution in [3.05, 3.63) is 29.4 Å². The number of aromatic amines is 1. The quantitative estimate of drug-likeness (QED) is 0.693. The fourth-order valence-electron chi connectivity index (χ4n) is 1.23. The minimum absolute atomic E-state index is 0.0265. The molecule has 0 unspecified atom stereocenters.